The molecular formula is C13H18BrNO4S. The lowest BCUT2D eigenvalue weighted by Gasteiger charge is -2.11. The third-order valence-corrected chi connectivity index (χ3v) is 4.51. The first-order valence-corrected chi connectivity index (χ1v) is 8.47. The van der Waals surface area contributed by atoms with Crippen LogP contribution in [-0.4, -0.2) is 21.0 Å². The van der Waals surface area contributed by atoms with Crippen molar-refractivity contribution in [3.63, 3.8) is 0 Å². The van der Waals surface area contributed by atoms with Crippen LogP contribution in [0, 0.1) is 12.8 Å². The molecule has 0 aliphatic heterocycles. The number of sulfonamides is 1. The van der Waals surface area contributed by atoms with Gasteiger partial charge in [0.25, 0.3) is 0 Å². The van der Waals surface area contributed by atoms with E-state index in [1.165, 1.54) is 12.1 Å². The van der Waals surface area contributed by atoms with Crippen LogP contribution in [0.15, 0.2) is 21.5 Å². The molecule has 0 heterocycles. The molecule has 0 radical (unpaired) electrons. The molecule has 0 aliphatic carbocycles. The number of hydrogen-bond donors (Lipinski definition) is 1. The second kappa shape index (κ2) is 6.69. The van der Waals surface area contributed by atoms with Gasteiger partial charge in [0.15, 0.2) is 0 Å². The molecule has 7 heteroatoms. The fraction of sp³-hybridized carbons (Fsp3) is 0.462. The van der Waals surface area contributed by atoms with Crippen molar-refractivity contribution in [1.29, 1.82) is 0 Å². The summed E-state index contributed by atoms with van der Waals surface area (Å²) < 4.78 is 28.4. The molecule has 0 amide bonds. The van der Waals surface area contributed by atoms with E-state index in [1.807, 2.05) is 13.8 Å². The predicted molar refractivity (Wildman–Crippen MR) is 80.0 cm³/mol. The zero-order chi connectivity index (χ0) is 15.5. The highest BCUT2D eigenvalue weighted by molar-refractivity contribution is 9.10. The largest absolute Gasteiger partial charge is 0.462 e. The monoisotopic (exact) mass is 363 g/mol. The normalized spacial score (nSPS) is 11.7. The molecule has 2 N–H and O–H groups in total. The number of hydrogen-bond acceptors (Lipinski definition) is 4. The molecular weight excluding hydrogens is 346 g/mol. The molecule has 0 aliphatic rings. The lowest BCUT2D eigenvalue weighted by molar-refractivity contribution is 0.0487. The summed E-state index contributed by atoms with van der Waals surface area (Å²) in [5.74, 6) is -0.124. The molecule has 1 aromatic rings. The van der Waals surface area contributed by atoms with Crippen LogP contribution >= 0.6 is 15.9 Å². The van der Waals surface area contributed by atoms with E-state index in [2.05, 4.69) is 15.9 Å². The second-order valence-electron chi connectivity index (χ2n) is 4.94. The Labute approximate surface area is 127 Å². The van der Waals surface area contributed by atoms with Crippen molar-refractivity contribution < 1.29 is 17.9 Å². The Hall–Kier alpha value is -0.920. The van der Waals surface area contributed by atoms with Gasteiger partial charge < -0.3 is 4.74 Å². The Morgan fingerprint density at radius 1 is 1.40 bits per heavy atom. The number of primary sulfonamides is 1. The molecule has 0 saturated heterocycles. The van der Waals surface area contributed by atoms with E-state index >= 15 is 0 Å². The van der Waals surface area contributed by atoms with Gasteiger partial charge in [-0.15, -0.1) is 0 Å². The van der Waals surface area contributed by atoms with Crippen molar-refractivity contribution in [2.75, 3.05) is 6.61 Å². The van der Waals surface area contributed by atoms with Crippen LogP contribution in [0.1, 0.15) is 36.2 Å². The first-order chi connectivity index (χ1) is 9.12. The average Bonchev–Trinajstić information content (AvgIpc) is 2.30. The maximum Gasteiger partial charge on any atom is 0.338 e. The van der Waals surface area contributed by atoms with Gasteiger partial charge in [-0.3, -0.25) is 0 Å². The van der Waals surface area contributed by atoms with Crippen LogP contribution in [0.5, 0.6) is 0 Å². The minimum Gasteiger partial charge on any atom is -0.462 e. The number of halogens is 1. The molecule has 112 valence electrons. The van der Waals surface area contributed by atoms with Crippen LogP contribution in [0.2, 0.25) is 0 Å². The molecule has 0 spiro atoms. The molecule has 1 rings (SSSR count). The zero-order valence-corrected chi connectivity index (χ0v) is 14.0. The lowest BCUT2D eigenvalue weighted by Crippen LogP contribution is -2.15. The van der Waals surface area contributed by atoms with Gasteiger partial charge in [-0.1, -0.05) is 29.8 Å². The standard InChI is InChI=1S/C13H18BrNO4S/c1-8(2)4-5-19-13(16)11-6-10(20(15,17)18)7-12(14)9(11)3/h6-8H,4-5H2,1-3H3,(H2,15,17,18). The topological polar surface area (TPSA) is 86.5 Å². The van der Waals surface area contributed by atoms with E-state index in [-0.39, 0.29) is 10.5 Å². The molecule has 0 aromatic heterocycles. The number of ether oxygens (including phenoxy) is 1. The van der Waals surface area contributed by atoms with Crippen LogP contribution in [0.3, 0.4) is 0 Å². The van der Waals surface area contributed by atoms with Gasteiger partial charge in [-0.2, -0.15) is 0 Å². The highest BCUT2D eigenvalue weighted by Crippen LogP contribution is 2.25. The summed E-state index contributed by atoms with van der Waals surface area (Å²) in [5, 5.41) is 5.08. The molecule has 20 heavy (non-hydrogen) atoms. The van der Waals surface area contributed by atoms with Gasteiger partial charge in [0.05, 0.1) is 17.1 Å². The summed E-state index contributed by atoms with van der Waals surface area (Å²) in [6.45, 7) is 6.05. The van der Waals surface area contributed by atoms with Gasteiger partial charge in [-0.25, -0.2) is 18.4 Å². The quantitative estimate of drug-likeness (QED) is 0.814. The van der Waals surface area contributed by atoms with E-state index < -0.39 is 16.0 Å². The Kier molecular flexibility index (Phi) is 5.73. The average molecular weight is 364 g/mol. The van der Waals surface area contributed by atoms with Gasteiger partial charge >= 0.3 is 5.97 Å². The maximum atomic E-state index is 12.0. The van der Waals surface area contributed by atoms with Crippen molar-refractivity contribution in [3.05, 3.63) is 27.7 Å². The number of carbonyl (C=O) groups excluding carboxylic acids is 1. The van der Waals surface area contributed by atoms with Crippen LogP contribution in [-0.2, 0) is 14.8 Å². The van der Waals surface area contributed by atoms with Crippen molar-refractivity contribution in [2.45, 2.75) is 32.1 Å². The van der Waals surface area contributed by atoms with E-state index in [1.54, 1.807) is 6.92 Å². The Morgan fingerprint density at radius 2 is 2.00 bits per heavy atom. The van der Waals surface area contributed by atoms with Crippen molar-refractivity contribution in [2.24, 2.45) is 11.1 Å². The summed E-state index contributed by atoms with van der Waals surface area (Å²) in [7, 11) is -3.87. The fourth-order valence-corrected chi connectivity index (χ4v) is 2.67. The molecule has 5 nitrogen and oxygen atoms in total. The summed E-state index contributed by atoms with van der Waals surface area (Å²) >= 11 is 3.22. The van der Waals surface area contributed by atoms with Crippen molar-refractivity contribution in [1.82, 2.24) is 0 Å². The third-order valence-electron chi connectivity index (χ3n) is 2.79. The van der Waals surface area contributed by atoms with Crippen molar-refractivity contribution >= 4 is 31.9 Å². The first-order valence-electron chi connectivity index (χ1n) is 6.13. The van der Waals surface area contributed by atoms with Gasteiger partial charge in [0.2, 0.25) is 10.0 Å². The van der Waals surface area contributed by atoms with E-state index in [0.29, 0.717) is 22.6 Å². The molecule has 0 atom stereocenters. The number of nitrogens with two attached hydrogens (primary N) is 1. The van der Waals surface area contributed by atoms with Gasteiger partial charge in [-0.05, 0) is 37.0 Å². The summed E-state index contributed by atoms with van der Waals surface area (Å²) in [4.78, 5) is 11.9. The second-order valence-corrected chi connectivity index (χ2v) is 7.36. The van der Waals surface area contributed by atoms with Gasteiger partial charge in [0, 0.05) is 4.47 Å². The number of benzene rings is 1. The lowest BCUT2D eigenvalue weighted by atomic mass is 10.1. The molecule has 1 aromatic carbocycles. The van der Waals surface area contributed by atoms with Crippen LogP contribution in [0.25, 0.3) is 0 Å². The van der Waals surface area contributed by atoms with Crippen molar-refractivity contribution in [3.8, 4) is 0 Å². The molecule has 0 bridgehead atoms. The first kappa shape index (κ1) is 17.1. The maximum absolute atomic E-state index is 12.0. The smallest absolute Gasteiger partial charge is 0.338 e. The molecule has 0 saturated carbocycles. The molecule has 0 fully saturated rings. The fourth-order valence-electron chi connectivity index (χ4n) is 1.50. The highest BCUT2D eigenvalue weighted by atomic mass is 79.9. The molecule has 0 unspecified atom stereocenters. The minimum absolute atomic E-state index is 0.120. The Morgan fingerprint density at radius 3 is 2.50 bits per heavy atom. The number of esters is 1. The van der Waals surface area contributed by atoms with Crippen LogP contribution < -0.4 is 5.14 Å². The number of rotatable bonds is 5. The summed E-state index contributed by atoms with van der Waals surface area (Å²) in [6, 6.07) is 2.61. The predicted octanol–water partition coefficient (Wildman–Crippen LogP) is 2.61. The van der Waals surface area contributed by atoms with E-state index in [4.69, 9.17) is 9.88 Å². The Bertz CT molecular complexity index is 611. The number of carbonyl (C=O) groups is 1. The van der Waals surface area contributed by atoms with E-state index in [9.17, 15) is 13.2 Å². The Balaban J connectivity index is 3.05. The third kappa shape index (κ3) is 4.57. The highest BCUT2D eigenvalue weighted by Gasteiger charge is 2.18. The van der Waals surface area contributed by atoms with E-state index in [0.717, 1.165) is 6.42 Å². The zero-order valence-electron chi connectivity index (χ0n) is 11.6. The summed E-state index contributed by atoms with van der Waals surface area (Å²) in [6.07, 6.45) is 0.751. The van der Waals surface area contributed by atoms with Gasteiger partial charge in [0.1, 0.15) is 0 Å². The van der Waals surface area contributed by atoms with Crippen LogP contribution in [0.4, 0.5) is 0 Å². The SMILES string of the molecule is Cc1c(Br)cc(S(N)(=O)=O)cc1C(=O)OCCC(C)C. The summed E-state index contributed by atoms with van der Waals surface area (Å²) in [5.41, 5.74) is 0.819. The minimum atomic E-state index is -3.87.